The maximum atomic E-state index is 13.7. The molecule has 2 aromatic rings. The number of aromatic nitrogens is 1. The van der Waals surface area contributed by atoms with Crippen LogP contribution in [0.1, 0.15) is 13.8 Å². The molecule has 1 aromatic carbocycles. The second-order valence-electron chi connectivity index (χ2n) is 4.39. The predicted molar refractivity (Wildman–Crippen MR) is 65.0 cm³/mol. The number of benzene rings is 1. The molecule has 0 spiro atoms. The van der Waals surface area contributed by atoms with Crippen molar-refractivity contribution in [2.24, 2.45) is 5.92 Å². The fourth-order valence-electron chi connectivity index (χ4n) is 1.65. The second kappa shape index (κ2) is 4.65. The Morgan fingerprint density at radius 1 is 1.18 bits per heavy atom. The van der Waals surface area contributed by atoms with Crippen molar-refractivity contribution in [2.75, 3.05) is 11.9 Å². The third kappa shape index (κ3) is 2.35. The molecule has 0 aliphatic carbocycles. The molecule has 0 saturated heterocycles. The smallest absolute Gasteiger partial charge is 0.149 e. The van der Waals surface area contributed by atoms with Crippen molar-refractivity contribution >= 4 is 16.6 Å². The van der Waals surface area contributed by atoms with E-state index in [1.165, 1.54) is 6.20 Å². The number of pyridine rings is 1. The number of nitrogens with one attached hydrogen (secondary N) is 1. The number of hydrogen-bond acceptors (Lipinski definition) is 2. The van der Waals surface area contributed by atoms with Crippen LogP contribution in [0.15, 0.2) is 24.4 Å². The summed E-state index contributed by atoms with van der Waals surface area (Å²) in [4.78, 5) is 3.87. The molecule has 0 amide bonds. The molecule has 1 aromatic heterocycles. The predicted octanol–water partition coefficient (Wildman–Crippen LogP) is 3.58. The average Bonchev–Trinajstić information content (AvgIpc) is 2.31. The third-order valence-electron chi connectivity index (χ3n) is 2.49. The van der Waals surface area contributed by atoms with Crippen LogP contribution >= 0.6 is 0 Å². The van der Waals surface area contributed by atoms with Gasteiger partial charge >= 0.3 is 0 Å². The van der Waals surface area contributed by atoms with Gasteiger partial charge in [-0.25, -0.2) is 8.78 Å². The number of hydrogen-bond donors (Lipinski definition) is 1. The SMILES string of the molecule is CC(C)CNc1ccnc2c(F)ccc(F)c12. The Labute approximate surface area is 98.7 Å². The Kier molecular flexibility index (Phi) is 3.22. The lowest BCUT2D eigenvalue weighted by Crippen LogP contribution is -2.09. The van der Waals surface area contributed by atoms with Gasteiger partial charge in [-0.3, -0.25) is 4.98 Å². The highest BCUT2D eigenvalue weighted by Gasteiger charge is 2.11. The Morgan fingerprint density at radius 2 is 1.88 bits per heavy atom. The van der Waals surface area contributed by atoms with Crippen molar-refractivity contribution in [3.63, 3.8) is 0 Å². The highest BCUT2D eigenvalue weighted by atomic mass is 19.1. The quantitative estimate of drug-likeness (QED) is 0.881. The summed E-state index contributed by atoms with van der Waals surface area (Å²) in [7, 11) is 0. The van der Waals surface area contributed by atoms with Gasteiger partial charge in [0.1, 0.15) is 17.2 Å². The minimum absolute atomic E-state index is 0.0683. The molecule has 4 heteroatoms. The van der Waals surface area contributed by atoms with Gasteiger partial charge in [0.2, 0.25) is 0 Å². The molecule has 0 bridgehead atoms. The van der Waals surface area contributed by atoms with Gasteiger partial charge < -0.3 is 5.32 Å². The maximum Gasteiger partial charge on any atom is 0.149 e. The summed E-state index contributed by atoms with van der Waals surface area (Å²) in [5.41, 5.74) is 0.652. The van der Waals surface area contributed by atoms with Gasteiger partial charge in [0.25, 0.3) is 0 Å². The van der Waals surface area contributed by atoms with Crippen LogP contribution in [0.5, 0.6) is 0 Å². The average molecular weight is 236 g/mol. The lowest BCUT2D eigenvalue weighted by molar-refractivity contribution is 0.615. The first-order valence-corrected chi connectivity index (χ1v) is 5.56. The Hall–Kier alpha value is -1.71. The topological polar surface area (TPSA) is 24.9 Å². The summed E-state index contributed by atoms with van der Waals surface area (Å²) in [5, 5.41) is 3.32. The second-order valence-corrected chi connectivity index (χ2v) is 4.39. The van der Waals surface area contributed by atoms with Gasteiger partial charge in [0, 0.05) is 18.4 Å². The van der Waals surface area contributed by atoms with Gasteiger partial charge in [-0.05, 0) is 24.1 Å². The fraction of sp³-hybridized carbons (Fsp3) is 0.308. The van der Waals surface area contributed by atoms with E-state index < -0.39 is 11.6 Å². The van der Waals surface area contributed by atoms with Crippen molar-refractivity contribution in [3.05, 3.63) is 36.0 Å². The molecule has 0 aliphatic heterocycles. The normalized spacial score (nSPS) is 11.1. The minimum atomic E-state index is -0.505. The van der Waals surface area contributed by atoms with E-state index >= 15 is 0 Å². The van der Waals surface area contributed by atoms with E-state index in [4.69, 9.17) is 0 Å². The Bertz CT molecular complexity index is 538. The molecule has 2 nitrogen and oxygen atoms in total. The Balaban J connectivity index is 2.52. The van der Waals surface area contributed by atoms with Gasteiger partial charge in [0.15, 0.2) is 0 Å². The summed E-state index contributed by atoms with van der Waals surface area (Å²) in [6, 6.07) is 3.88. The molecular formula is C13H14F2N2. The van der Waals surface area contributed by atoms with Crippen LogP contribution in [0.3, 0.4) is 0 Å². The van der Waals surface area contributed by atoms with E-state index in [2.05, 4.69) is 10.3 Å². The third-order valence-corrected chi connectivity index (χ3v) is 2.49. The van der Waals surface area contributed by atoms with E-state index in [-0.39, 0.29) is 10.9 Å². The van der Waals surface area contributed by atoms with Crippen LogP contribution in [0.25, 0.3) is 10.9 Å². The van der Waals surface area contributed by atoms with Crippen molar-refractivity contribution in [3.8, 4) is 0 Å². The summed E-state index contributed by atoms with van der Waals surface area (Å²) < 4.78 is 27.2. The van der Waals surface area contributed by atoms with E-state index in [0.29, 0.717) is 18.2 Å². The standard InChI is InChI=1S/C13H14F2N2/c1-8(2)7-17-11-5-6-16-13-10(15)4-3-9(14)12(11)13/h3-6,8H,7H2,1-2H3,(H,16,17). The van der Waals surface area contributed by atoms with Crippen molar-refractivity contribution in [1.82, 2.24) is 4.98 Å². The highest BCUT2D eigenvalue weighted by Crippen LogP contribution is 2.26. The zero-order chi connectivity index (χ0) is 12.4. The molecule has 1 heterocycles. The van der Waals surface area contributed by atoms with Gasteiger partial charge in [-0.1, -0.05) is 13.8 Å². The lowest BCUT2D eigenvalue weighted by Gasteiger charge is -2.12. The summed E-state index contributed by atoms with van der Waals surface area (Å²) in [6.45, 7) is 4.80. The maximum absolute atomic E-state index is 13.7. The van der Waals surface area contributed by atoms with E-state index in [9.17, 15) is 8.78 Å². The van der Waals surface area contributed by atoms with Crippen molar-refractivity contribution in [2.45, 2.75) is 13.8 Å². The first-order valence-electron chi connectivity index (χ1n) is 5.56. The zero-order valence-corrected chi connectivity index (χ0v) is 9.80. The molecule has 2 rings (SSSR count). The molecule has 0 atom stereocenters. The summed E-state index contributed by atoms with van der Waals surface area (Å²) in [6.07, 6.45) is 1.48. The molecule has 0 unspecified atom stereocenters. The number of nitrogens with zero attached hydrogens (tertiary/aromatic N) is 1. The summed E-state index contributed by atoms with van der Waals surface area (Å²) in [5.74, 6) is -0.537. The molecule has 0 saturated carbocycles. The van der Waals surface area contributed by atoms with E-state index in [1.807, 2.05) is 13.8 Å². The number of fused-ring (bicyclic) bond motifs is 1. The van der Waals surface area contributed by atoms with Gasteiger partial charge in [-0.15, -0.1) is 0 Å². The largest absolute Gasteiger partial charge is 0.384 e. The van der Waals surface area contributed by atoms with E-state index in [0.717, 1.165) is 12.1 Å². The number of anilines is 1. The Morgan fingerprint density at radius 3 is 2.59 bits per heavy atom. The molecule has 0 radical (unpaired) electrons. The van der Waals surface area contributed by atoms with Crippen LogP contribution in [-0.4, -0.2) is 11.5 Å². The van der Waals surface area contributed by atoms with Crippen LogP contribution in [0.4, 0.5) is 14.5 Å². The molecular weight excluding hydrogens is 222 g/mol. The van der Waals surface area contributed by atoms with Gasteiger partial charge in [0.05, 0.1) is 5.39 Å². The van der Waals surface area contributed by atoms with Crippen molar-refractivity contribution < 1.29 is 8.78 Å². The lowest BCUT2D eigenvalue weighted by atomic mass is 10.1. The fourth-order valence-corrected chi connectivity index (χ4v) is 1.65. The molecule has 1 N–H and O–H groups in total. The van der Waals surface area contributed by atoms with Crippen LogP contribution in [0.2, 0.25) is 0 Å². The first kappa shape index (κ1) is 11.8. The van der Waals surface area contributed by atoms with Crippen LogP contribution in [-0.2, 0) is 0 Å². The zero-order valence-electron chi connectivity index (χ0n) is 9.80. The van der Waals surface area contributed by atoms with Crippen molar-refractivity contribution in [1.29, 1.82) is 0 Å². The highest BCUT2D eigenvalue weighted by molar-refractivity contribution is 5.91. The molecule has 90 valence electrons. The molecule has 0 fully saturated rings. The number of rotatable bonds is 3. The number of halogens is 2. The van der Waals surface area contributed by atoms with Crippen LogP contribution in [0, 0.1) is 17.6 Å². The van der Waals surface area contributed by atoms with E-state index in [1.54, 1.807) is 6.07 Å². The van der Waals surface area contributed by atoms with Crippen LogP contribution < -0.4 is 5.32 Å². The molecule has 0 aliphatic rings. The minimum Gasteiger partial charge on any atom is -0.384 e. The first-order chi connectivity index (χ1) is 8.09. The van der Waals surface area contributed by atoms with Gasteiger partial charge in [-0.2, -0.15) is 0 Å². The monoisotopic (exact) mass is 236 g/mol. The summed E-state index contributed by atoms with van der Waals surface area (Å²) >= 11 is 0. The molecule has 17 heavy (non-hydrogen) atoms.